The molecule has 1 aromatic carbocycles. The lowest BCUT2D eigenvalue weighted by atomic mass is 10.2. The van der Waals surface area contributed by atoms with E-state index in [0.29, 0.717) is 27.8 Å². The molecule has 2 aromatic heterocycles. The van der Waals surface area contributed by atoms with Crippen LogP contribution in [0, 0.1) is 0 Å². The second-order valence-corrected chi connectivity index (χ2v) is 5.08. The normalized spacial score (nSPS) is 10.6. The van der Waals surface area contributed by atoms with Gasteiger partial charge >= 0.3 is 0 Å². The Bertz CT molecular complexity index is 744. The molecule has 7 heteroatoms. The van der Waals surface area contributed by atoms with Gasteiger partial charge in [0, 0.05) is 11.6 Å². The van der Waals surface area contributed by atoms with E-state index < -0.39 is 0 Å². The van der Waals surface area contributed by atoms with Crippen molar-refractivity contribution in [3.63, 3.8) is 0 Å². The molecule has 1 N–H and O–H groups in total. The largest absolute Gasteiger partial charge is 0.506 e. The first-order valence-corrected chi connectivity index (χ1v) is 6.93. The maximum absolute atomic E-state index is 9.69. The zero-order valence-corrected chi connectivity index (χ0v) is 12.2. The molecule has 0 fully saturated rings. The van der Waals surface area contributed by atoms with Gasteiger partial charge in [0.05, 0.1) is 14.2 Å². The van der Waals surface area contributed by atoms with Crippen LogP contribution in [0.4, 0.5) is 0 Å². The van der Waals surface area contributed by atoms with Crippen LogP contribution in [-0.4, -0.2) is 29.5 Å². The summed E-state index contributed by atoms with van der Waals surface area (Å²) in [6.45, 7) is 0. The molecule has 0 aliphatic heterocycles. The first kappa shape index (κ1) is 13.4. The van der Waals surface area contributed by atoms with Gasteiger partial charge in [-0.25, -0.2) is 0 Å². The van der Waals surface area contributed by atoms with Crippen molar-refractivity contribution in [1.82, 2.24) is 10.1 Å². The molecular weight excluding hydrogens is 292 g/mol. The third-order valence-electron chi connectivity index (χ3n) is 2.87. The minimum absolute atomic E-state index is 0.124. The van der Waals surface area contributed by atoms with Crippen molar-refractivity contribution in [2.75, 3.05) is 14.2 Å². The number of ether oxygens (including phenoxy) is 2. The molecule has 0 spiro atoms. The predicted octanol–water partition coefficient (Wildman–Crippen LogP) is 3.19. The van der Waals surface area contributed by atoms with Gasteiger partial charge in [-0.2, -0.15) is 4.98 Å². The Labute approximate surface area is 124 Å². The van der Waals surface area contributed by atoms with E-state index in [1.165, 1.54) is 11.3 Å². The van der Waals surface area contributed by atoms with Gasteiger partial charge in [-0.1, -0.05) is 5.16 Å². The van der Waals surface area contributed by atoms with Gasteiger partial charge in [0.25, 0.3) is 5.89 Å². The zero-order chi connectivity index (χ0) is 14.8. The number of hydrogen-bond donors (Lipinski definition) is 1. The molecule has 0 bridgehead atoms. The van der Waals surface area contributed by atoms with Crippen LogP contribution in [0.3, 0.4) is 0 Å². The molecule has 21 heavy (non-hydrogen) atoms. The van der Waals surface area contributed by atoms with Gasteiger partial charge in [-0.05, 0) is 23.6 Å². The highest BCUT2D eigenvalue weighted by molar-refractivity contribution is 7.13. The first-order chi connectivity index (χ1) is 10.2. The maximum atomic E-state index is 9.69. The first-order valence-electron chi connectivity index (χ1n) is 6.05. The van der Waals surface area contributed by atoms with Crippen molar-refractivity contribution in [3.05, 3.63) is 29.6 Å². The van der Waals surface area contributed by atoms with E-state index in [1.807, 2.05) is 0 Å². The topological polar surface area (TPSA) is 77.6 Å². The van der Waals surface area contributed by atoms with E-state index in [9.17, 15) is 5.11 Å². The standard InChI is InChI=1S/C14H12N2O4S/c1-18-9-5-8(6-10(7-9)19-2)13-15-14(20-16-13)12-11(17)3-4-21-12/h3-7,17H,1-2H3. The lowest BCUT2D eigenvalue weighted by Gasteiger charge is -2.05. The Morgan fingerprint density at radius 3 is 2.43 bits per heavy atom. The van der Waals surface area contributed by atoms with Gasteiger partial charge in [0.15, 0.2) is 0 Å². The van der Waals surface area contributed by atoms with Crippen molar-refractivity contribution in [2.45, 2.75) is 0 Å². The molecule has 0 aliphatic carbocycles. The van der Waals surface area contributed by atoms with Gasteiger partial charge in [-0.3, -0.25) is 0 Å². The molecule has 2 heterocycles. The average Bonchev–Trinajstić information content (AvgIpc) is 3.15. The summed E-state index contributed by atoms with van der Waals surface area (Å²) >= 11 is 1.33. The van der Waals surface area contributed by atoms with Crippen LogP contribution < -0.4 is 9.47 Å². The molecule has 3 aromatic rings. The third kappa shape index (κ3) is 2.55. The summed E-state index contributed by atoms with van der Waals surface area (Å²) < 4.78 is 15.6. The SMILES string of the molecule is COc1cc(OC)cc(-c2noc(-c3sccc3O)n2)c1. The highest BCUT2D eigenvalue weighted by Gasteiger charge is 2.16. The van der Waals surface area contributed by atoms with E-state index in [-0.39, 0.29) is 11.6 Å². The van der Waals surface area contributed by atoms with E-state index in [0.717, 1.165) is 0 Å². The van der Waals surface area contributed by atoms with Crippen LogP contribution in [0.25, 0.3) is 22.2 Å². The van der Waals surface area contributed by atoms with Crippen molar-refractivity contribution >= 4 is 11.3 Å². The maximum Gasteiger partial charge on any atom is 0.272 e. The van der Waals surface area contributed by atoms with E-state index in [4.69, 9.17) is 14.0 Å². The highest BCUT2D eigenvalue weighted by atomic mass is 32.1. The number of thiophene rings is 1. The lowest BCUT2D eigenvalue weighted by Crippen LogP contribution is -1.89. The summed E-state index contributed by atoms with van der Waals surface area (Å²) in [7, 11) is 3.15. The van der Waals surface area contributed by atoms with Gasteiger partial charge in [0.1, 0.15) is 22.1 Å². The Kier molecular flexibility index (Phi) is 3.49. The molecule has 108 valence electrons. The number of methoxy groups -OCH3 is 2. The molecule has 3 rings (SSSR count). The second kappa shape index (κ2) is 5.45. The van der Waals surface area contributed by atoms with Crippen LogP contribution in [0.5, 0.6) is 17.2 Å². The minimum atomic E-state index is 0.124. The van der Waals surface area contributed by atoms with E-state index in [2.05, 4.69) is 10.1 Å². The van der Waals surface area contributed by atoms with Crippen molar-refractivity contribution < 1.29 is 19.1 Å². The van der Waals surface area contributed by atoms with Crippen LogP contribution in [0.1, 0.15) is 0 Å². The molecular formula is C14H12N2O4S. The lowest BCUT2D eigenvalue weighted by molar-refractivity contribution is 0.394. The van der Waals surface area contributed by atoms with Gasteiger partial charge in [-0.15, -0.1) is 11.3 Å². The molecule has 0 radical (unpaired) electrons. The molecule has 0 saturated heterocycles. The van der Waals surface area contributed by atoms with Gasteiger partial charge in [0.2, 0.25) is 5.82 Å². The van der Waals surface area contributed by atoms with Gasteiger partial charge < -0.3 is 19.1 Å². The molecule has 0 atom stereocenters. The predicted molar refractivity (Wildman–Crippen MR) is 77.8 cm³/mol. The number of hydrogen-bond acceptors (Lipinski definition) is 7. The number of benzene rings is 1. The number of nitrogens with zero attached hydrogens (tertiary/aromatic N) is 2. The number of aromatic nitrogens is 2. The third-order valence-corrected chi connectivity index (χ3v) is 3.77. The summed E-state index contributed by atoms with van der Waals surface area (Å²) in [5.41, 5.74) is 0.706. The van der Waals surface area contributed by atoms with Crippen molar-refractivity contribution in [3.8, 4) is 39.4 Å². The fourth-order valence-electron chi connectivity index (χ4n) is 1.83. The summed E-state index contributed by atoms with van der Waals surface area (Å²) in [4.78, 5) is 4.84. The molecule has 6 nitrogen and oxygen atoms in total. The summed E-state index contributed by atoms with van der Waals surface area (Å²) in [6, 6.07) is 6.91. The van der Waals surface area contributed by atoms with Crippen LogP contribution >= 0.6 is 11.3 Å². The molecule has 0 unspecified atom stereocenters. The summed E-state index contributed by atoms with van der Waals surface area (Å²) in [5, 5.41) is 15.4. The van der Waals surface area contributed by atoms with Crippen LogP contribution in [0.2, 0.25) is 0 Å². The van der Waals surface area contributed by atoms with Crippen LogP contribution in [0.15, 0.2) is 34.2 Å². The van der Waals surface area contributed by atoms with Crippen molar-refractivity contribution in [1.29, 1.82) is 0 Å². The van der Waals surface area contributed by atoms with Crippen molar-refractivity contribution in [2.24, 2.45) is 0 Å². The fourth-order valence-corrected chi connectivity index (χ4v) is 2.54. The molecule has 0 aliphatic rings. The monoisotopic (exact) mass is 304 g/mol. The van der Waals surface area contributed by atoms with Crippen LogP contribution in [-0.2, 0) is 0 Å². The summed E-state index contributed by atoms with van der Waals surface area (Å²) in [5.74, 6) is 2.07. The number of aromatic hydroxyl groups is 1. The van der Waals surface area contributed by atoms with E-state index in [1.54, 1.807) is 43.9 Å². The molecule has 0 amide bonds. The smallest absolute Gasteiger partial charge is 0.272 e. The van der Waals surface area contributed by atoms with E-state index >= 15 is 0 Å². The Balaban J connectivity index is 2.02. The zero-order valence-electron chi connectivity index (χ0n) is 11.4. The highest BCUT2D eigenvalue weighted by Crippen LogP contribution is 2.35. The Morgan fingerprint density at radius 1 is 1.14 bits per heavy atom. The average molecular weight is 304 g/mol. The minimum Gasteiger partial charge on any atom is -0.506 e. The Morgan fingerprint density at radius 2 is 1.86 bits per heavy atom. The fraction of sp³-hybridized carbons (Fsp3) is 0.143. The summed E-state index contributed by atoms with van der Waals surface area (Å²) in [6.07, 6.45) is 0. The molecule has 0 saturated carbocycles. The number of rotatable bonds is 4. The second-order valence-electron chi connectivity index (χ2n) is 4.16. The Hall–Kier alpha value is -2.54. The quantitative estimate of drug-likeness (QED) is 0.797.